The SMILES string of the molecule is CCOc1ccc(C(N)Cn2ccccc2=O)cc1. The van der Waals surface area contributed by atoms with Crippen LogP contribution >= 0.6 is 0 Å². The molecule has 1 unspecified atom stereocenters. The van der Waals surface area contributed by atoms with E-state index in [0.29, 0.717) is 13.2 Å². The van der Waals surface area contributed by atoms with Gasteiger partial charge in [-0.1, -0.05) is 18.2 Å². The van der Waals surface area contributed by atoms with Gasteiger partial charge in [0.25, 0.3) is 5.56 Å². The standard InChI is InChI=1S/C15H18N2O2/c1-2-19-13-8-6-12(7-9-13)14(16)11-17-10-4-3-5-15(17)18/h3-10,14H,2,11,16H2,1H3. The molecule has 0 radical (unpaired) electrons. The van der Waals surface area contributed by atoms with Crippen LogP contribution in [0, 0.1) is 0 Å². The van der Waals surface area contributed by atoms with Gasteiger partial charge in [-0.05, 0) is 30.7 Å². The van der Waals surface area contributed by atoms with Crippen LogP contribution in [-0.2, 0) is 6.54 Å². The molecule has 4 heteroatoms. The molecule has 2 aromatic rings. The van der Waals surface area contributed by atoms with Gasteiger partial charge in [0, 0.05) is 24.8 Å². The van der Waals surface area contributed by atoms with E-state index < -0.39 is 0 Å². The van der Waals surface area contributed by atoms with Crippen molar-refractivity contribution in [3.8, 4) is 5.75 Å². The van der Waals surface area contributed by atoms with E-state index >= 15 is 0 Å². The van der Waals surface area contributed by atoms with E-state index in [-0.39, 0.29) is 11.6 Å². The van der Waals surface area contributed by atoms with Gasteiger partial charge in [0.15, 0.2) is 0 Å². The largest absolute Gasteiger partial charge is 0.494 e. The summed E-state index contributed by atoms with van der Waals surface area (Å²) in [4.78, 5) is 11.6. The third-order valence-electron chi connectivity index (χ3n) is 2.91. The number of ether oxygens (including phenoxy) is 1. The van der Waals surface area contributed by atoms with Gasteiger partial charge in [-0.15, -0.1) is 0 Å². The van der Waals surface area contributed by atoms with Crippen LogP contribution in [0.15, 0.2) is 53.5 Å². The van der Waals surface area contributed by atoms with Gasteiger partial charge in [-0.2, -0.15) is 0 Å². The van der Waals surface area contributed by atoms with Crippen molar-refractivity contribution in [1.29, 1.82) is 0 Å². The fraction of sp³-hybridized carbons (Fsp3) is 0.267. The Kier molecular flexibility index (Phi) is 4.36. The maximum Gasteiger partial charge on any atom is 0.250 e. The smallest absolute Gasteiger partial charge is 0.250 e. The van der Waals surface area contributed by atoms with Crippen molar-refractivity contribution >= 4 is 0 Å². The Morgan fingerprint density at radius 1 is 1.21 bits per heavy atom. The monoisotopic (exact) mass is 258 g/mol. The average Bonchev–Trinajstić information content (AvgIpc) is 2.42. The Hall–Kier alpha value is -2.07. The number of nitrogens with two attached hydrogens (primary N) is 1. The zero-order valence-corrected chi connectivity index (χ0v) is 11.0. The van der Waals surface area contributed by atoms with E-state index in [9.17, 15) is 4.79 Å². The molecule has 1 aromatic heterocycles. The van der Waals surface area contributed by atoms with Crippen LogP contribution in [-0.4, -0.2) is 11.2 Å². The molecule has 1 atom stereocenters. The molecule has 0 fully saturated rings. The number of hydrogen-bond donors (Lipinski definition) is 1. The Balaban J connectivity index is 2.09. The van der Waals surface area contributed by atoms with Crippen LogP contribution in [0.1, 0.15) is 18.5 Å². The van der Waals surface area contributed by atoms with Crippen molar-refractivity contribution in [3.63, 3.8) is 0 Å². The first-order chi connectivity index (χ1) is 9.20. The second kappa shape index (κ2) is 6.20. The number of aromatic nitrogens is 1. The molecule has 1 heterocycles. The van der Waals surface area contributed by atoms with Gasteiger partial charge in [0.2, 0.25) is 0 Å². The highest BCUT2D eigenvalue weighted by Crippen LogP contribution is 2.17. The minimum absolute atomic E-state index is 0.0381. The van der Waals surface area contributed by atoms with Crippen LogP contribution in [0.2, 0.25) is 0 Å². The van der Waals surface area contributed by atoms with Crippen LogP contribution in [0.4, 0.5) is 0 Å². The van der Waals surface area contributed by atoms with E-state index in [1.807, 2.05) is 37.3 Å². The molecular formula is C15H18N2O2. The van der Waals surface area contributed by atoms with Gasteiger partial charge in [-0.25, -0.2) is 0 Å². The normalized spacial score (nSPS) is 12.1. The summed E-state index contributed by atoms with van der Waals surface area (Å²) in [5, 5.41) is 0. The van der Waals surface area contributed by atoms with Gasteiger partial charge < -0.3 is 15.0 Å². The summed E-state index contributed by atoms with van der Waals surface area (Å²) < 4.78 is 6.99. The molecule has 2 rings (SSSR count). The summed E-state index contributed by atoms with van der Waals surface area (Å²) in [6.07, 6.45) is 1.75. The van der Waals surface area contributed by atoms with Crippen molar-refractivity contribution in [3.05, 3.63) is 64.6 Å². The van der Waals surface area contributed by atoms with Crippen molar-refractivity contribution < 1.29 is 4.74 Å². The predicted molar refractivity (Wildman–Crippen MR) is 75.2 cm³/mol. The molecular weight excluding hydrogens is 240 g/mol. The molecule has 0 saturated carbocycles. The third-order valence-corrected chi connectivity index (χ3v) is 2.91. The maximum atomic E-state index is 11.6. The van der Waals surface area contributed by atoms with E-state index in [1.54, 1.807) is 16.8 Å². The molecule has 0 amide bonds. The Labute approximate surface area is 112 Å². The molecule has 0 bridgehead atoms. The molecule has 100 valence electrons. The van der Waals surface area contributed by atoms with Crippen molar-refractivity contribution in [2.45, 2.75) is 19.5 Å². The maximum absolute atomic E-state index is 11.6. The molecule has 0 aliphatic carbocycles. The van der Waals surface area contributed by atoms with Gasteiger partial charge in [0.1, 0.15) is 5.75 Å². The Bertz CT molecular complexity index is 575. The van der Waals surface area contributed by atoms with Crippen LogP contribution in [0.25, 0.3) is 0 Å². The van der Waals surface area contributed by atoms with E-state index in [1.165, 1.54) is 6.07 Å². The number of rotatable bonds is 5. The zero-order chi connectivity index (χ0) is 13.7. The van der Waals surface area contributed by atoms with E-state index in [4.69, 9.17) is 10.5 Å². The number of nitrogens with zero attached hydrogens (tertiary/aromatic N) is 1. The first-order valence-corrected chi connectivity index (χ1v) is 6.34. The predicted octanol–water partition coefficient (Wildman–Crippen LogP) is 1.95. The quantitative estimate of drug-likeness (QED) is 0.891. The zero-order valence-electron chi connectivity index (χ0n) is 11.0. The summed E-state index contributed by atoms with van der Waals surface area (Å²) >= 11 is 0. The Morgan fingerprint density at radius 3 is 2.58 bits per heavy atom. The highest BCUT2D eigenvalue weighted by molar-refractivity contribution is 5.29. The minimum Gasteiger partial charge on any atom is -0.494 e. The summed E-state index contributed by atoms with van der Waals surface area (Å²) in [5.74, 6) is 0.829. The lowest BCUT2D eigenvalue weighted by atomic mass is 10.1. The second-order valence-electron chi connectivity index (χ2n) is 4.30. The summed E-state index contributed by atoms with van der Waals surface area (Å²) in [6, 6.07) is 12.5. The number of hydrogen-bond acceptors (Lipinski definition) is 3. The lowest BCUT2D eigenvalue weighted by Gasteiger charge is -2.14. The molecule has 1 aromatic carbocycles. The van der Waals surface area contributed by atoms with Gasteiger partial charge >= 0.3 is 0 Å². The van der Waals surface area contributed by atoms with Crippen molar-refractivity contribution in [2.75, 3.05) is 6.61 Å². The van der Waals surface area contributed by atoms with Crippen LogP contribution < -0.4 is 16.0 Å². The van der Waals surface area contributed by atoms with Crippen LogP contribution in [0.5, 0.6) is 5.75 Å². The molecule has 19 heavy (non-hydrogen) atoms. The first kappa shape index (κ1) is 13.4. The highest BCUT2D eigenvalue weighted by Gasteiger charge is 2.07. The van der Waals surface area contributed by atoms with Gasteiger partial charge in [-0.3, -0.25) is 4.79 Å². The Morgan fingerprint density at radius 2 is 1.95 bits per heavy atom. The summed E-state index contributed by atoms with van der Waals surface area (Å²) in [7, 11) is 0. The van der Waals surface area contributed by atoms with Crippen molar-refractivity contribution in [2.24, 2.45) is 5.73 Å². The molecule has 4 nitrogen and oxygen atoms in total. The average molecular weight is 258 g/mol. The van der Waals surface area contributed by atoms with Crippen molar-refractivity contribution in [1.82, 2.24) is 4.57 Å². The third kappa shape index (κ3) is 3.45. The topological polar surface area (TPSA) is 57.2 Å². The van der Waals surface area contributed by atoms with Crippen LogP contribution in [0.3, 0.4) is 0 Å². The first-order valence-electron chi connectivity index (χ1n) is 6.34. The number of benzene rings is 1. The molecule has 2 N–H and O–H groups in total. The lowest BCUT2D eigenvalue weighted by molar-refractivity contribution is 0.340. The molecule has 0 aliphatic heterocycles. The fourth-order valence-electron chi connectivity index (χ4n) is 1.91. The minimum atomic E-state index is -0.212. The summed E-state index contributed by atoms with van der Waals surface area (Å²) in [5.41, 5.74) is 7.07. The second-order valence-corrected chi connectivity index (χ2v) is 4.30. The fourth-order valence-corrected chi connectivity index (χ4v) is 1.91. The lowest BCUT2D eigenvalue weighted by Crippen LogP contribution is -2.25. The summed E-state index contributed by atoms with van der Waals surface area (Å²) in [6.45, 7) is 3.06. The molecule has 0 saturated heterocycles. The molecule has 0 aliphatic rings. The molecule has 0 spiro atoms. The highest BCUT2D eigenvalue weighted by atomic mass is 16.5. The van der Waals surface area contributed by atoms with E-state index in [2.05, 4.69) is 0 Å². The van der Waals surface area contributed by atoms with E-state index in [0.717, 1.165) is 11.3 Å². The number of pyridine rings is 1. The van der Waals surface area contributed by atoms with Gasteiger partial charge in [0.05, 0.1) is 6.61 Å².